The van der Waals surface area contributed by atoms with Crippen molar-refractivity contribution in [2.24, 2.45) is 0 Å². The number of rotatable bonds is 3. The molecule has 0 bridgehead atoms. The average Bonchev–Trinajstić information content (AvgIpc) is 3.00. The zero-order chi connectivity index (χ0) is 11.5. The Kier molecular flexibility index (Phi) is 3.22. The molecule has 0 aliphatic carbocycles. The van der Waals surface area contributed by atoms with Crippen molar-refractivity contribution in [1.29, 1.82) is 0 Å². The highest BCUT2D eigenvalue weighted by Crippen LogP contribution is 2.26. The van der Waals surface area contributed by atoms with Gasteiger partial charge in [0.15, 0.2) is 10.8 Å². The summed E-state index contributed by atoms with van der Waals surface area (Å²) in [6.45, 7) is 5.41. The van der Waals surface area contributed by atoms with Crippen molar-refractivity contribution in [2.75, 3.05) is 26.2 Å². The molecule has 1 N–H and O–H groups in total. The van der Waals surface area contributed by atoms with Crippen LogP contribution in [0.15, 0.2) is 29.0 Å². The number of nitrogens with zero attached hydrogens (tertiary/aromatic N) is 2. The second-order valence-electron chi connectivity index (χ2n) is 4.14. The SMILES string of the molecule is c1coc(-c2ncc(CN3CCNCC3)s2)c1. The third kappa shape index (κ3) is 2.57. The number of hydrogen-bond acceptors (Lipinski definition) is 5. The Morgan fingerprint density at radius 1 is 1.41 bits per heavy atom. The van der Waals surface area contributed by atoms with Gasteiger partial charge in [-0.3, -0.25) is 4.90 Å². The first-order chi connectivity index (χ1) is 8.42. The Hall–Kier alpha value is -1.17. The standard InChI is InChI=1S/C12H15N3OS/c1-2-11(16-7-1)12-14-8-10(17-12)9-15-5-3-13-4-6-15/h1-2,7-8,13H,3-6,9H2. The number of thiazole rings is 1. The van der Waals surface area contributed by atoms with Gasteiger partial charge < -0.3 is 9.73 Å². The van der Waals surface area contributed by atoms with Gasteiger partial charge in [0.25, 0.3) is 0 Å². The van der Waals surface area contributed by atoms with Crippen molar-refractivity contribution in [2.45, 2.75) is 6.54 Å². The minimum atomic E-state index is 0.863. The van der Waals surface area contributed by atoms with E-state index < -0.39 is 0 Å². The van der Waals surface area contributed by atoms with E-state index in [-0.39, 0.29) is 0 Å². The summed E-state index contributed by atoms with van der Waals surface area (Å²) < 4.78 is 5.35. The Bertz CT molecular complexity index is 460. The Morgan fingerprint density at radius 2 is 2.29 bits per heavy atom. The van der Waals surface area contributed by atoms with Crippen molar-refractivity contribution in [3.8, 4) is 10.8 Å². The molecule has 0 aromatic carbocycles. The third-order valence-corrected chi connectivity index (χ3v) is 3.87. The van der Waals surface area contributed by atoms with E-state index in [1.807, 2.05) is 18.3 Å². The summed E-state index contributed by atoms with van der Waals surface area (Å²) in [5.74, 6) is 0.863. The van der Waals surface area contributed by atoms with Gasteiger partial charge in [-0.05, 0) is 12.1 Å². The minimum Gasteiger partial charge on any atom is -0.462 e. The summed E-state index contributed by atoms with van der Waals surface area (Å²) >= 11 is 1.72. The lowest BCUT2D eigenvalue weighted by atomic mass is 10.3. The average molecular weight is 249 g/mol. The van der Waals surface area contributed by atoms with Gasteiger partial charge in [0.1, 0.15) is 0 Å². The fourth-order valence-electron chi connectivity index (χ4n) is 1.98. The lowest BCUT2D eigenvalue weighted by Gasteiger charge is -2.26. The maximum Gasteiger partial charge on any atom is 0.162 e. The second kappa shape index (κ2) is 5.00. The molecule has 1 saturated heterocycles. The van der Waals surface area contributed by atoms with E-state index in [9.17, 15) is 0 Å². The monoisotopic (exact) mass is 249 g/mol. The lowest BCUT2D eigenvalue weighted by Crippen LogP contribution is -2.42. The highest BCUT2D eigenvalue weighted by atomic mass is 32.1. The molecule has 0 saturated carbocycles. The molecule has 1 fully saturated rings. The Labute approximate surface area is 104 Å². The molecule has 4 nitrogen and oxygen atoms in total. The van der Waals surface area contributed by atoms with Crippen LogP contribution in [0, 0.1) is 0 Å². The van der Waals surface area contributed by atoms with E-state index in [0.29, 0.717) is 0 Å². The van der Waals surface area contributed by atoms with Crippen LogP contribution in [0.2, 0.25) is 0 Å². The van der Waals surface area contributed by atoms with E-state index in [1.165, 1.54) is 4.88 Å². The number of piperazine rings is 1. The smallest absolute Gasteiger partial charge is 0.162 e. The van der Waals surface area contributed by atoms with Gasteiger partial charge in [-0.15, -0.1) is 11.3 Å². The van der Waals surface area contributed by atoms with E-state index in [0.717, 1.165) is 43.5 Å². The van der Waals surface area contributed by atoms with Gasteiger partial charge in [-0.2, -0.15) is 0 Å². The van der Waals surface area contributed by atoms with Gasteiger partial charge in [0.2, 0.25) is 0 Å². The van der Waals surface area contributed by atoms with E-state index in [2.05, 4.69) is 15.2 Å². The fraction of sp³-hybridized carbons (Fsp3) is 0.417. The summed E-state index contributed by atoms with van der Waals surface area (Å²) in [5, 5.41) is 4.33. The highest BCUT2D eigenvalue weighted by Gasteiger charge is 2.12. The molecular weight excluding hydrogens is 234 g/mol. The molecule has 5 heteroatoms. The molecule has 0 unspecified atom stereocenters. The molecule has 0 radical (unpaired) electrons. The van der Waals surface area contributed by atoms with Gasteiger partial charge in [0.05, 0.1) is 6.26 Å². The first kappa shape index (κ1) is 11.0. The maximum atomic E-state index is 5.35. The summed E-state index contributed by atoms with van der Waals surface area (Å²) in [6.07, 6.45) is 3.65. The summed E-state index contributed by atoms with van der Waals surface area (Å²) in [4.78, 5) is 8.16. The quantitative estimate of drug-likeness (QED) is 0.900. The zero-order valence-corrected chi connectivity index (χ0v) is 10.4. The van der Waals surface area contributed by atoms with Crippen LogP contribution in [-0.2, 0) is 6.54 Å². The number of furan rings is 1. The molecule has 3 rings (SSSR count). The molecule has 0 amide bonds. The second-order valence-corrected chi connectivity index (χ2v) is 5.25. The molecular formula is C12H15N3OS. The molecule has 1 aliphatic heterocycles. The molecule has 90 valence electrons. The largest absolute Gasteiger partial charge is 0.462 e. The molecule has 0 atom stereocenters. The van der Waals surface area contributed by atoms with E-state index in [1.54, 1.807) is 17.6 Å². The number of nitrogens with one attached hydrogen (secondary N) is 1. The van der Waals surface area contributed by atoms with Crippen molar-refractivity contribution in [3.05, 3.63) is 29.5 Å². The van der Waals surface area contributed by atoms with Crippen molar-refractivity contribution >= 4 is 11.3 Å². The van der Waals surface area contributed by atoms with Crippen LogP contribution >= 0.6 is 11.3 Å². The van der Waals surface area contributed by atoms with Crippen LogP contribution in [0.3, 0.4) is 0 Å². The van der Waals surface area contributed by atoms with E-state index >= 15 is 0 Å². The summed E-state index contributed by atoms with van der Waals surface area (Å²) in [7, 11) is 0. The Morgan fingerprint density at radius 3 is 3.06 bits per heavy atom. The van der Waals surface area contributed by atoms with Crippen LogP contribution < -0.4 is 5.32 Å². The van der Waals surface area contributed by atoms with Crippen LogP contribution in [0.5, 0.6) is 0 Å². The predicted octanol–water partition coefficient (Wildman–Crippen LogP) is 1.81. The van der Waals surface area contributed by atoms with Crippen LogP contribution in [0.25, 0.3) is 10.8 Å². The van der Waals surface area contributed by atoms with Gasteiger partial charge in [-0.25, -0.2) is 4.98 Å². The lowest BCUT2D eigenvalue weighted by molar-refractivity contribution is 0.235. The summed E-state index contributed by atoms with van der Waals surface area (Å²) in [6, 6.07) is 3.85. The van der Waals surface area contributed by atoms with Crippen molar-refractivity contribution in [3.63, 3.8) is 0 Å². The van der Waals surface area contributed by atoms with Crippen molar-refractivity contribution in [1.82, 2.24) is 15.2 Å². The minimum absolute atomic E-state index is 0.863. The van der Waals surface area contributed by atoms with Crippen LogP contribution in [-0.4, -0.2) is 36.1 Å². The molecule has 3 heterocycles. The predicted molar refractivity (Wildman–Crippen MR) is 68.0 cm³/mol. The number of hydrogen-bond donors (Lipinski definition) is 1. The molecule has 2 aromatic heterocycles. The number of aromatic nitrogens is 1. The molecule has 17 heavy (non-hydrogen) atoms. The Balaban J connectivity index is 1.68. The first-order valence-corrected chi connectivity index (χ1v) is 6.65. The molecule has 1 aliphatic rings. The van der Waals surface area contributed by atoms with Gasteiger partial charge in [-0.1, -0.05) is 0 Å². The van der Waals surface area contributed by atoms with Crippen molar-refractivity contribution < 1.29 is 4.42 Å². The van der Waals surface area contributed by atoms with E-state index in [4.69, 9.17) is 4.42 Å². The zero-order valence-electron chi connectivity index (χ0n) is 9.56. The third-order valence-electron chi connectivity index (χ3n) is 2.87. The van der Waals surface area contributed by atoms with Crippen LogP contribution in [0.4, 0.5) is 0 Å². The topological polar surface area (TPSA) is 41.3 Å². The van der Waals surface area contributed by atoms with Gasteiger partial charge in [0, 0.05) is 43.8 Å². The first-order valence-electron chi connectivity index (χ1n) is 5.83. The molecule has 0 spiro atoms. The maximum absolute atomic E-state index is 5.35. The van der Waals surface area contributed by atoms with Gasteiger partial charge >= 0.3 is 0 Å². The highest BCUT2D eigenvalue weighted by molar-refractivity contribution is 7.14. The van der Waals surface area contributed by atoms with Crippen LogP contribution in [0.1, 0.15) is 4.88 Å². The molecule has 2 aromatic rings. The summed E-state index contributed by atoms with van der Waals surface area (Å²) in [5.41, 5.74) is 0. The fourth-order valence-corrected chi connectivity index (χ4v) is 2.91. The normalized spacial score (nSPS) is 17.4.